The van der Waals surface area contributed by atoms with E-state index < -0.39 is 0 Å². The maximum absolute atomic E-state index is 4.66. The Kier molecular flexibility index (Phi) is 3.36. The second-order valence-corrected chi connectivity index (χ2v) is 5.25. The molecular formula is C14H18N3O. The zero-order chi connectivity index (χ0) is 13.2. The van der Waals surface area contributed by atoms with Crippen LogP contribution in [-0.2, 0) is 5.41 Å². The van der Waals surface area contributed by atoms with Crippen LogP contribution in [0.1, 0.15) is 33.3 Å². The molecule has 1 radical (unpaired) electrons. The fourth-order valence-corrected chi connectivity index (χ4v) is 1.94. The van der Waals surface area contributed by atoms with Crippen molar-refractivity contribution in [3.05, 3.63) is 30.2 Å². The molecule has 4 nitrogen and oxygen atoms in total. The van der Waals surface area contributed by atoms with Crippen molar-refractivity contribution >= 4 is 5.69 Å². The Morgan fingerprint density at radius 3 is 2.67 bits per heavy atom. The average molecular weight is 244 g/mol. The molecule has 0 spiro atoms. The van der Waals surface area contributed by atoms with Crippen LogP contribution in [0.25, 0.3) is 11.4 Å². The second kappa shape index (κ2) is 4.80. The Bertz CT molecular complexity index is 512. The zero-order valence-corrected chi connectivity index (χ0v) is 11.2. The van der Waals surface area contributed by atoms with E-state index in [1.54, 1.807) is 0 Å². The predicted octanol–water partition coefficient (Wildman–Crippen LogP) is 3.27. The number of benzene rings is 1. The number of hydrogen-bond acceptors (Lipinski definition) is 4. The monoisotopic (exact) mass is 244 g/mol. The summed E-state index contributed by atoms with van der Waals surface area (Å²) in [4.78, 5) is 3.95. The standard InChI is InChI=1S/C14H18N3O/c1-5-15-12-8-10(13-16-9-18-17-13)6-7-11(12)14(2,3)4/h6-8,15H,5H2,1-4H3. The lowest BCUT2D eigenvalue weighted by Gasteiger charge is -2.23. The van der Waals surface area contributed by atoms with E-state index in [1.807, 2.05) is 6.07 Å². The first kappa shape index (κ1) is 12.6. The van der Waals surface area contributed by atoms with Gasteiger partial charge in [-0.15, -0.1) is 0 Å². The minimum atomic E-state index is 0.0966. The normalized spacial score (nSPS) is 11.6. The van der Waals surface area contributed by atoms with Gasteiger partial charge in [0.2, 0.25) is 5.82 Å². The van der Waals surface area contributed by atoms with Gasteiger partial charge in [0.05, 0.1) is 0 Å². The molecule has 0 aliphatic carbocycles. The molecule has 1 heterocycles. The third kappa shape index (κ3) is 2.53. The van der Waals surface area contributed by atoms with Crippen LogP contribution < -0.4 is 5.32 Å². The van der Waals surface area contributed by atoms with E-state index in [2.05, 4.69) is 66.2 Å². The first-order valence-corrected chi connectivity index (χ1v) is 6.11. The third-order valence-corrected chi connectivity index (χ3v) is 2.78. The van der Waals surface area contributed by atoms with Gasteiger partial charge < -0.3 is 9.84 Å². The van der Waals surface area contributed by atoms with Gasteiger partial charge >= 0.3 is 6.39 Å². The molecule has 4 heteroatoms. The topological polar surface area (TPSA) is 51.0 Å². The lowest BCUT2D eigenvalue weighted by atomic mass is 9.85. The summed E-state index contributed by atoms with van der Waals surface area (Å²) in [5, 5.41) is 7.20. The van der Waals surface area contributed by atoms with E-state index in [9.17, 15) is 0 Å². The summed E-state index contributed by atoms with van der Waals surface area (Å²) >= 11 is 0. The molecule has 1 aromatic heterocycles. The molecule has 95 valence electrons. The Labute approximate surface area is 107 Å². The fourth-order valence-electron chi connectivity index (χ4n) is 1.94. The summed E-state index contributed by atoms with van der Waals surface area (Å²) in [6.45, 7) is 9.56. The Balaban J connectivity index is 2.47. The van der Waals surface area contributed by atoms with Crippen molar-refractivity contribution in [1.82, 2.24) is 10.1 Å². The molecule has 1 N–H and O–H groups in total. The predicted molar refractivity (Wildman–Crippen MR) is 71.4 cm³/mol. The van der Waals surface area contributed by atoms with Crippen LogP contribution >= 0.6 is 0 Å². The first-order valence-electron chi connectivity index (χ1n) is 6.11. The van der Waals surface area contributed by atoms with Crippen molar-refractivity contribution in [3.63, 3.8) is 0 Å². The molecule has 2 rings (SSSR count). The van der Waals surface area contributed by atoms with Crippen LogP contribution in [0.2, 0.25) is 0 Å². The summed E-state index contributed by atoms with van der Waals surface area (Å²) in [5.41, 5.74) is 3.43. The largest absolute Gasteiger partial charge is 0.385 e. The highest BCUT2D eigenvalue weighted by atomic mass is 16.5. The van der Waals surface area contributed by atoms with Crippen molar-refractivity contribution in [3.8, 4) is 11.4 Å². The molecule has 0 atom stereocenters. The lowest BCUT2D eigenvalue weighted by molar-refractivity contribution is 0.411. The minimum Gasteiger partial charge on any atom is -0.385 e. The van der Waals surface area contributed by atoms with Crippen LogP contribution in [0.4, 0.5) is 5.69 Å². The van der Waals surface area contributed by atoms with E-state index in [0.29, 0.717) is 5.82 Å². The molecule has 0 saturated carbocycles. The number of anilines is 1. The van der Waals surface area contributed by atoms with Crippen LogP contribution in [0.15, 0.2) is 22.7 Å². The van der Waals surface area contributed by atoms with E-state index in [4.69, 9.17) is 0 Å². The van der Waals surface area contributed by atoms with E-state index >= 15 is 0 Å². The van der Waals surface area contributed by atoms with E-state index in [0.717, 1.165) is 17.8 Å². The highest BCUT2D eigenvalue weighted by molar-refractivity contribution is 5.66. The van der Waals surface area contributed by atoms with Gasteiger partial charge in [0, 0.05) is 17.8 Å². The van der Waals surface area contributed by atoms with Gasteiger partial charge in [-0.2, -0.15) is 4.98 Å². The molecule has 0 unspecified atom stereocenters. The number of rotatable bonds is 3. The molecule has 0 saturated heterocycles. The van der Waals surface area contributed by atoms with Crippen LogP contribution in [-0.4, -0.2) is 16.7 Å². The summed E-state index contributed by atoms with van der Waals surface area (Å²) in [5.74, 6) is 0.564. The number of nitrogens with one attached hydrogen (secondary N) is 1. The van der Waals surface area contributed by atoms with Gasteiger partial charge in [-0.3, -0.25) is 0 Å². The maximum Gasteiger partial charge on any atom is 0.316 e. The van der Waals surface area contributed by atoms with Crippen molar-refractivity contribution in [2.75, 3.05) is 11.9 Å². The van der Waals surface area contributed by atoms with Gasteiger partial charge in [0.25, 0.3) is 0 Å². The maximum atomic E-state index is 4.66. The molecule has 0 amide bonds. The summed E-state index contributed by atoms with van der Waals surface area (Å²) in [7, 11) is 0. The number of aromatic nitrogens is 2. The van der Waals surface area contributed by atoms with Crippen LogP contribution in [0.5, 0.6) is 0 Å². The molecule has 18 heavy (non-hydrogen) atoms. The van der Waals surface area contributed by atoms with E-state index in [-0.39, 0.29) is 5.41 Å². The number of nitrogens with zero attached hydrogens (tertiary/aromatic N) is 2. The van der Waals surface area contributed by atoms with Gasteiger partial charge in [-0.05, 0) is 24.0 Å². The van der Waals surface area contributed by atoms with Gasteiger partial charge in [-0.25, -0.2) is 0 Å². The molecular weight excluding hydrogens is 226 g/mol. The lowest BCUT2D eigenvalue weighted by Crippen LogP contribution is -2.15. The summed E-state index contributed by atoms with van der Waals surface area (Å²) in [6.07, 6.45) is 2.37. The summed E-state index contributed by atoms with van der Waals surface area (Å²) < 4.78 is 4.66. The molecule has 0 aliphatic rings. The average Bonchev–Trinajstić information content (AvgIpc) is 2.81. The molecule has 0 fully saturated rings. The van der Waals surface area contributed by atoms with Crippen LogP contribution in [0, 0.1) is 6.39 Å². The van der Waals surface area contributed by atoms with Crippen LogP contribution in [0.3, 0.4) is 0 Å². The quantitative estimate of drug-likeness (QED) is 0.900. The van der Waals surface area contributed by atoms with Gasteiger partial charge in [0.1, 0.15) is 0 Å². The Hall–Kier alpha value is -1.84. The molecule has 0 bridgehead atoms. The fraction of sp³-hybridized carbons (Fsp3) is 0.429. The summed E-state index contributed by atoms with van der Waals surface area (Å²) in [6, 6.07) is 6.19. The van der Waals surface area contributed by atoms with Crippen molar-refractivity contribution in [1.29, 1.82) is 0 Å². The smallest absolute Gasteiger partial charge is 0.316 e. The molecule has 1 aromatic carbocycles. The first-order chi connectivity index (χ1) is 8.52. The minimum absolute atomic E-state index is 0.0966. The van der Waals surface area contributed by atoms with Gasteiger partial charge in [-0.1, -0.05) is 38.1 Å². The Morgan fingerprint density at radius 2 is 2.11 bits per heavy atom. The van der Waals surface area contributed by atoms with Gasteiger partial charge in [0.15, 0.2) is 0 Å². The molecule has 0 aliphatic heterocycles. The van der Waals surface area contributed by atoms with Crippen molar-refractivity contribution < 1.29 is 4.52 Å². The van der Waals surface area contributed by atoms with Crippen molar-refractivity contribution in [2.45, 2.75) is 33.1 Å². The zero-order valence-electron chi connectivity index (χ0n) is 11.2. The Morgan fingerprint density at radius 1 is 1.33 bits per heavy atom. The number of hydrogen-bond donors (Lipinski definition) is 1. The highest BCUT2D eigenvalue weighted by Crippen LogP contribution is 2.32. The van der Waals surface area contributed by atoms with Crippen molar-refractivity contribution in [2.24, 2.45) is 0 Å². The second-order valence-electron chi connectivity index (χ2n) is 5.25. The molecule has 2 aromatic rings. The highest BCUT2D eigenvalue weighted by Gasteiger charge is 2.18. The van der Waals surface area contributed by atoms with E-state index in [1.165, 1.54) is 5.56 Å². The third-order valence-electron chi connectivity index (χ3n) is 2.78. The SMILES string of the molecule is CCNc1cc(-c2n[c]on2)ccc1C(C)(C)C.